The molecule has 0 aliphatic heterocycles. The first-order valence-corrected chi connectivity index (χ1v) is 10.2. The van der Waals surface area contributed by atoms with Gasteiger partial charge in [-0.25, -0.2) is 0 Å². The Morgan fingerprint density at radius 2 is 1.57 bits per heavy atom. The van der Waals surface area contributed by atoms with E-state index in [4.69, 9.17) is 0 Å². The smallest absolute Gasteiger partial charge is 0.101 e. The van der Waals surface area contributed by atoms with Gasteiger partial charge in [-0.3, -0.25) is 0 Å². The third-order valence-electron chi connectivity index (χ3n) is 5.39. The molecule has 0 saturated carbocycles. The van der Waals surface area contributed by atoms with Crippen molar-refractivity contribution in [1.82, 2.24) is 4.57 Å². The molecule has 0 spiro atoms. The van der Waals surface area contributed by atoms with E-state index >= 15 is 0 Å². The Labute approximate surface area is 178 Å². The molecule has 0 fully saturated rings. The van der Waals surface area contributed by atoms with Crippen molar-refractivity contribution >= 4 is 5.57 Å². The van der Waals surface area contributed by atoms with Gasteiger partial charge >= 0.3 is 0 Å². The lowest BCUT2D eigenvalue weighted by Gasteiger charge is -2.06. The van der Waals surface area contributed by atoms with E-state index in [0.717, 1.165) is 40.8 Å². The number of rotatable bonds is 6. The van der Waals surface area contributed by atoms with E-state index in [1.165, 1.54) is 11.1 Å². The molecule has 0 aliphatic rings. The molecular formula is C28H24N2. The van der Waals surface area contributed by atoms with Crippen LogP contribution in [-0.4, -0.2) is 4.57 Å². The molecule has 0 N–H and O–H groups in total. The highest BCUT2D eigenvalue weighted by Crippen LogP contribution is 2.28. The predicted molar refractivity (Wildman–Crippen MR) is 124 cm³/mol. The third-order valence-corrected chi connectivity index (χ3v) is 5.39. The molecule has 0 saturated heterocycles. The zero-order valence-corrected chi connectivity index (χ0v) is 17.2. The maximum Gasteiger partial charge on any atom is 0.101 e. The fraction of sp³-hybridized carbons (Fsp3) is 0.107. The lowest BCUT2D eigenvalue weighted by Crippen LogP contribution is -1.92. The van der Waals surface area contributed by atoms with E-state index < -0.39 is 0 Å². The standard InChI is InChI=1S/C28H24N2/c1-21(2)24-13-15-27(16-14-24)30-19-26(18-29)28(20-30)25-10-6-9-23(17-25)12-11-22-7-4-3-5-8-22/h3-10,13-17,19-20H,1,11-12H2,2H3. The minimum absolute atomic E-state index is 0.680. The molecule has 2 heteroatoms. The normalized spacial score (nSPS) is 10.5. The van der Waals surface area contributed by atoms with Crippen LogP contribution in [0, 0.1) is 11.3 Å². The molecule has 146 valence electrons. The van der Waals surface area contributed by atoms with Crippen LogP contribution in [0.3, 0.4) is 0 Å². The molecule has 0 amide bonds. The van der Waals surface area contributed by atoms with Crippen molar-refractivity contribution in [2.75, 3.05) is 0 Å². The van der Waals surface area contributed by atoms with Crippen molar-refractivity contribution < 1.29 is 0 Å². The lowest BCUT2D eigenvalue weighted by atomic mass is 9.99. The van der Waals surface area contributed by atoms with Crippen LogP contribution >= 0.6 is 0 Å². The summed E-state index contributed by atoms with van der Waals surface area (Å²) in [6.07, 6.45) is 5.93. The molecule has 0 unspecified atom stereocenters. The number of allylic oxidation sites excluding steroid dienone is 1. The lowest BCUT2D eigenvalue weighted by molar-refractivity contribution is 0.961. The zero-order valence-electron chi connectivity index (χ0n) is 17.2. The molecule has 0 bridgehead atoms. The quantitative estimate of drug-likeness (QED) is 0.356. The van der Waals surface area contributed by atoms with Gasteiger partial charge in [0.15, 0.2) is 0 Å². The van der Waals surface area contributed by atoms with Crippen LogP contribution < -0.4 is 0 Å². The molecule has 1 heterocycles. The van der Waals surface area contributed by atoms with E-state index in [0.29, 0.717) is 5.56 Å². The summed E-state index contributed by atoms with van der Waals surface area (Å²) < 4.78 is 2.02. The van der Waals surface area contributed by atoms with Gasteiger partial charge in [-0.05, 0) is 54.2 Å². The first-order valence-electron chi connectivity index (χ1n) is 10.2. The first-order chi connectivity index (χ1) is 14.6. The summed E-state index contributed by atoms with van der Waals surface area (Å²) >= 11 is 0. The summed E-state index contributed by atoms with van der Waals surface area (Å²) in [5.74, 6) is 0. The highest BCUT2D eigenvalue weighted by atomic mass is 14.9. The van der Waals surface area contributed by atoms with Crippen LogP contribution in [0.1, 0.15) is 29.2 Å². The topological polar surface area (TPSA) is 28.7 Å². The van der Waals surface area contributed by atoms with Crippen LogP contribution in [0.2, 0.25) is 0 Å². The molecule has 30 heavy (non-hydrogen) atoms. The minimum Gasteiger partial charge on any atom is -0.322 e. The molecule has 1 aromatic heterocycles. The number of aromatic nitrogens is 1. The second kappa shape index (κ2) is 8.68. The Morgan fingerprint density at radius 1 is 0.867 bits per heavy atom. The Kier molecular flexibility index (Phi) is 5.63. The van der Waals surface area contributed by atoms with Crippen molar-refractivity contribution in [3.05, 3.63) is 120 Å². The van der Waals surface area contributed by atoms with Crippen LogP contribution in [0.25, 0.3) is 22.4 Å². The van der Waals surface area contributed by atoms with Crippen molar-refractivity contribution in [2.24, 2.45) is 0 Å². The summed E-state index contributed by atoms with van der Waals surface area (Å²) in [6, 6.07) is 29.7. The number of aryl methyl sites for hydroxylation is 2. The van der Waals surface area contributed by atoms with Gasteiger partial charge in [0.05, 0.1) is 5.56 Å². The van der Waals surface area contributed by atoms with E-state index in [2.05, 4.69) is 85.4 Å². The molecule has 0 aliphatic carbocycles. The molecule has 4 rings (SSSR count). The fourth-order valence-corrected chi connectivity index (χ4v) is 3.67. The second-order valence-electron chi connectivity index (χ2n) is 7.62. The van der Waals surface area contributed by atoms with Gasteiger partial charge in [-0.1, -0.05) is 78.9 Å². The van der Waals surface area contributed by atoms with Crippen molar-refractivity contribution in [1.29, 1.82) is 5.26 Å². The second-order valence-corrected chi connectivity index (χ2v) is 7.62. The Hall–Kier alpha value is -3.83. The zero-order chi connectivity index (χ0) is 20.9. The Morgan fingerprint density at radius 3 is 2.27 bits per heavy atom. The van der Waals surface area contributed by atoms with E-state index in [9.17, 15) is 5.26 Å². The maximum absolute atomic E-state index is 9.70. The number of benzene rings is 3. The molecular weight excluding hydrogens is 364 g/mol. The highest BCUT2D eigenvalue weighted by Gasteiger charge is 2.11. The predicted octanol–water partition coefficient (Wildman–Crippen LogP) is 6.83. The van der Waals surface area contributed by atoms with Gasteiger partial charge in [0.25, 0.3) is 0 Å². The van der Waals surface area contributed by atoms with Gasteiger partial charge < -0.3 is 4.57 Å². The molecule has 0 radical (unpaired) electrons. The van der Waals surface area contributed by atoms with Crippen LogP contribution in [0.4, 0.5) is 0 Å². The summed E-state index contributed by atoms with van der Waals surface area (Å²) in [7, 11) is 0. The van der Waals surface area contributed by atoms with E-state index in [1.807, 2.05) is 30.0 Å². The average molecular weight is 389 g/mol. The van der Waals surface area contributed by atoms with Gasteiger partial charge in [0.2, 0.25) is 0 Å². The van der Waals surface area contributed by atoms with Gasteiger partial charge in [-0.15, -0.1) is 0 Å². The van der Waals surface area contributed by atoms with Gasteiger partial charge in [0, 0.05) is 23.6 Å². The van der Waals surface area contributed by atoms with E-state index in [1.54, 1.807) is 0 Å². The van der Waals surface area contributed by atoms with Gasteiger partial charge in [-0.2, -0.15) is 5.26 Å². The largest absolute Gasteiger partial charge is 0.322 e. The maximum atomic E-state index is 9.70. The number of nitrogens with zero attached hydrogens (tertiary/aromatic N) is 2. The monoisotopic (exact) mass is 388 g/mol. The van der Waals surface area contributed by atoms with Crippen LogP contribution in [0.5, 0.6) is 0 Å². The van der Waals surface area contributed by atoms with Crippen LogP contribution in [-0.2, 0) is 12.8 Å². The summed E-state index contributed by atoms with van der Waals surface area (Å²) in [5.41, 5.74) is 8.53. The number of hydrogen-bond donors (Lipinski definition) is 0. The van der Waals surface area contributed by atoms with E-state index in [-0.39, 0.29) is 0 Å². The van der Waals surface area contributed by atoms with Crippen molar-refractivity contribution in [2.45, 2.75) is 19.8 Å². The SMILES string of the molecule is C=C(C)c1ccc(-n2cc(C#N)c(-c3cccc(CCc4ccccc4)c3)c2)cc1. The van der Waals surface area contributed by atoms with Crippen molar-refractivity contribution in [3.8, 4) is 22.9 Å². The summed E-state index contributed by atoms with van der Waals surface area (Å²) in [4.78, 5) is 0. The van der Waals surface area contributed by atoms with Crippen molar-refractivity contribution in [3.63, 3.8) is 0 Å². The molecule has 4 aromatic rings. The van der Waals surface area contributed by atoms with Crippen LogP contribution in [0.15, 0.2) is 97.8 Å². The molecule has 0 atom stereocenters. The summed E-state index contributed by atoms with van der Waals surface area (Å²) in [6.45, 7) is 5.99. The average Bonchev–Trinajstić information content (AvgIpc) is 3.23. The Balaban J connectivity index is 1.61. The Bertz CT molecular complexity index is 1210. The minimum atomic E-state index is 0.680. The fourth-order valence-electron chi connectivity index (χ4n) is 3.67. The molecule has 3 aromatic carbocycles. The highest BCUT2D eigenvalue weighted by molar-refractivity contribution is 5.71. The number of nitriles is 1. The first kappa shape index (κ1) is 19.5. The summed E-state index contributed by atoms with van der Waals surface area (Å²) in [5, 5.41) is 9.70. The third kappa shape index (κ3) is 4.26. The molecule has 2 nitrogen and oxygen atoms in total. The van der Waals surface area contributed by atoms with Gasteiger partial charge in [0.1, 0.15) is 6.07 Å². The number of hydrogen-bond acceptors (Lipinski definition) is 1.